The third-order valence-electron chi connectivity index (χ3n) is 2.64. The van der Waals surface area contributed by atoms with Crippen LogP contribution in [0.1, 0.15) is 30.8 Å². The minimum Gasteiger partial charge on any atom is -0.383 e. The van der Waals surface area contributed by atoms with Gasteiger partial charge in [0.25, 0.3) is 5.91 Å². The van der Waals surface area contributed by atoms with Crippen molar-refractivity contribution in [1.82, 2.24) is 15.2 Å². The normalized spacial score (nSPS) is 12.4. The van der Waals surface area contributed by atoms with E-state index in [1.165, 1.54) is 0 Å². The molecule has 1 amide bonds. The van der Waals surface area contributed by atoms with E-state index in [0.29, 0.717) is 13.2 Å². The van der Waals surface area contributed by atoms with Gasteiger partial charge in [0.2, 0.25) is 11.5 Å². The number of aromatic nitrogens is 2. The summed E-state index contributed by atoms with van der Waals surface area (Å²) in [6.45, 7) is 4.90. The number of ether oxygens (including phenoxy) is 1. The highest BCUT2D eigenvalue weighted by atomic mass is 16.6. The van der Waals surface area contributed by atoms with E-state index in [0.717, 1.165) is 6.42 Å². The Kier molecular flexibility index (Phi) is 4.89. The van der Waals surface area contributed by atoms with Crippen LogP contribution in [0.5, 0.6) is 0 Å². The number of nitrogens with zero attached hydrogens (tertiary/aromatic N) is 3. The summed E-state index contributed by atoms with van der Waals surface area (Å²) < 4.78 is 9.41. The molecule has 0 aliphatic carbocycles. The molecule has 7 heteroatoms. The fraction of sp³-hybridized carbons (Fsp3) is 0.700. The number of hydrogen-bond donors (Lipinski definition) is 1. The summed E-state index contributed by atoms with van der Waals surface area (Å²) in [5.41, 5.74) is 5.56. The van der Waals surface area contributed by atoms with Crippen LogP contribution < -0.4 is 5.73 Å². The van der Waals surface area contributed by atoms with Crippen LogP contribution in [0, 0.1) is 0 Å². The van der Waals surface area contributed by atoms with Crippen molar-refractivity contribution in [2.75, 3.05) is 26.0 Å². The molecule has 1 unspecified atom stereocenters. The number of methoxy groups -OCH3 is 1. The number of nitrogens with two attached hydrogens (primary N) is 1. The lowest BCUT2D eigenvalue weighted by molar-refractivity contribution is 0.0604. The van der Waals surface area contributed by atoms with Crippen LogP contribution in [0.4, 0.5) is 5.82 Å². The molecule has 0 saturated carbocycles. The number of carbonyl (C=O) groups is 1. The second-order valence-electron chi connectivity index (χ2n) is 3.75. The quantitative estimate of drug-likeness (QED) is 0.782. The Bertz CT molecular complexity index is 366. The van der Waals surface area contributed by atoms with E-state index >= 15 is 0 Å². The summed E-state index contributed by atoms with van der Waals surface area (Å²) in [4.78, 5) is 13.8. The topological polar surface area (TPSA) is 94.5 Å². The monoisotopic (exact) mass is 242 g/mol. The second-order valence-corrected chi connectivity index (χ2v) is 3.75. The molecule has 7 nitrogen and oxygen atoms in total. The van der Waals surface area contributed by atoms with Gasteiger partial charge in [0.15, 0.2) is 0 Å². The van der Waals surface area contributed by atoms with E-state index in [1.807, 2.05) is 13.8 Å². The molecule has 0 spiro atoms. The molecule has 1 rings (SSSR count). The van der Waals surface area contributed by atoms with E-state index in [1.54, 1.807) is 12.0 Å². The first-order valence-corrected chi connectivity index (χ1v) is 5.49. The summed E-state index contributed by atoms with van der Waals surface area (Å²) in [7, 11) is 1.59. The molecule has 1 aromatic rings. The molecule has 0 aromatic carbocycles. The fourth-order valence-electron chi connectivity index (χ4n) is 1.41. The van der Waals surface area contributed by atoms with Gasteiger partial charge in [0, 0.05) is 19.7 Å². The maximum atomic E-state index is 12.2. The highest BCUT2D eigenvalue weighted by Crippen LogP contribution is 2.12. The minimum atomic E-state index is -0.282. The predicted molar refractivity (Wildman–Crippen MR) is 61.4 cm³/mol. The smallest absolute Gasteiger partial charge is 0.280 e. The third kappa shape index (κ3) is 3.16. The molecule has 0 bridgehead atoms. The molecule has 0 fully saturated rings. The van der Waals surface area contributed by atoms with Gasteiger partial charge in [-0.05, 0) is 23.7 Å². The molecule has 0 radical (unpaired) electrons. The van der Waals surface area contributed by atoms with Crippen molar-refractivity contribution in [3.63, 3.8) is 0 Å². The van der Waals surface area contributed by atoms with Gasteiger partial charge in [-0.3, -0.25) is 4.79 Å². The van der Waals surface area contributed by atoms with E-state index in [9.17, 15) is 4.79 Å². The first-order valence-electron chi connectivity index (χ1n) is 5.49. The van der Waals surface area contributed by atoms with Crippen LogP contribution in [0.2, 0.25) is 0 Å². The lowest BCUT2D eigenvalue weighted by Crippen LogP contribution is -2.41. The Morgan fingerprint density at radius 3 is 2.76 bits per heavy atom. The first-order chi connectivity index (χ1) is 8.11. The average Bonchev–Trinajstić information content (AvgIpc) is 2.75. The van der Waals surface area contributed by atoms with Gasteiger partial charge in [0.05, 0.1) is 6.61 Å². The van der Waals surface area contributed by atoms with Crippen molar-refractivity contribution in [2.45, 2.75) is 26.3 Å². The molecule has 1 aromatic heterocycles. The Labute approximate surface area is 99.9 Å². The maximum absolute atomic E-state index is 12.2. The summed E-state index contributed by atoms with van der Waals surface area (Å²) in [5, 5.41) is 6.92. The van der Waals surface area contributed by atoms with Crippen molar-refractivity contribution in [1.29, 1.82) is 0 Å². The summed E-state index contributed by atoms with van der Waals surface area (Å²) in [5.74, 6) is -0.268. The lowest BCUT2D eigenvalue weighted by Gasteiger charge is -2.27. The van der Waals surface area contributed by atoms with Gasteiger partial charge < -0.3 is 15.4 Å². The van der Waals surface area contributed by atoms with E-state index in [-0.39, 0.29) is 23.5 Å². The standard InChI is InChI=1S/C10H18N4O3/c1-4-7(2)14(5-6-16-3)10(15)8-9(11)13-17-12-8/h7H,4-6H2,1-3H3,(H2,11,13). The van der Waals surface area contributed by atoms with Gasteiger partial charge in [-0.15, -0.1) is 0 Å². The fourth-order valence-corrected chi connectivity index (χ4v) is 1.41. The minimum absolute atomic E-state index is 0.0146. The van der Waals surface area contributed by atoms with Crippen LogP contribution in [0.15, 0.2) is 4.63 Å². The van der Waals surface area contributed by atoms with Crippen LogP contribution >= 0.6 is 0 Å². The van der Waals surface area contributed by atoms with Gasteiger partial charge in [0.1, 0.15) is 0 Å². The molecule has 0 saturated heterocycles. The predicted octanol–water partition coefficient (Wildman–Crippen LogP) is 0.539. The third-order valence-corrected chi connectivity index (χ3v) is 2.64. The summed E-state index contributed by atoms with van der Waals surface area (Å²) >= 11 is 0. The SMILES string of the molecule is CCC(C)N(CCOC)C(=O)c1nonc1N. The molecular weight excluding hydrogens is 224 g/mol. The average molecular weight is 242 g/mol. The summed E-state index contributed by atoms with van der Waals surface area (Å²) in [6, 6.07) is 0.0775. The largest absolute Gasteiger partial charge is 0.383 e. The highest BCUT2D eigenvalue weighted by Gasteiger charge is 2.25. The number of anilines is 1. The number of rotatable bonds is 6. The molecule has 17 heavy (non-hydrogen) atoms. The Morgan fingerprint density at radius 2 is 2.29 bits per heavy atom. The van der Waals surface area contributed by atoms with Crippen LogP contribution in [0.25, 0.3) is 0 Å². The Morgan fingerprint density at radius 1 is 1.59 bits per heavy atom. The Balaban J connectivity index is 2.82. The summed E-state index contributed by atoms with van der Waals surface area (Å²) in [6.07, 6.45) is 0.834. The zero-order valence-electron chi connectivity index (χ0n) is 10.3. The lowest BCUT2D eigenvalue weighted by atomic mass is 10.2. The van der Waals surface area contributed by atoms with Crippen molar-refractivity contribution >= 4 is 11.7 Å². The van der Waals surface area contributed by atoms with Crippen LogP contribution in [-0.4, -0.2) is 47.4 Å². The van der Waals surface area contributed by atoms with Crippen LogP contribution in [-0.2, 0) is 4.74 Å². The van der Waals surface area contributed by atoms with Gasteiger partial charge in [-0.1, -0.05) is 6.92 Å². The van der Waals surface area contributed by atoms with E-state index < -0.39 is 0 Å². The van der Waals surface area contributed by atoms with Crippen LogP contribution in [0.3, 0.4) is 0 Å². The highest BCUT2D eigenvalue weighted by molar-refractivity contribution is 5.96. The molecular formula is C10H18N4O3. The molecule has 1 atom stereocenters. The van der Waals surface area contributed by atoms with Gasteiger partial charge in [-0.25, -0.2) is 4.63 Å². The number of hydrogen-bond acceptors (Lipinski definition) is 6. The Hall–Kier alpha value is -1.63. The van der Waals surface area contributed by atoms with Gasteiger partial charge in [-0.2, -0.15) is 0 Å². The van der Waals surface area contributed by atoms with Crippen molar-refractivity contribution in [3.8, 4) is 0 Å². The van der Waals surface area contributed by atoms with E-state index in [2.05, 4.69) is 14.9 Å². The number of nitrogen functional groups attached to an aromatic ring is 1. The zero-order chi connectivity index (χ0) is 12.8. The van der Waals surface area contributed by atoms with Crippen molar-refractivity contribution < 1.29 is 14.2 Å². The van der Waals surface area contributed by atoms with Crippen molar-refractivity contribution in [2.24, 2.45) is 0 Å². The second kappa shape index (κ2) is 6.19. The van der Waals surface area contributed by atoms with E-state index in [4.69, 9.17) is 10.5 Å². The molecule has 2 N–H and O–H groups in total. The number of carbonyl (C=O) groups excluding carboxylic acids is 1. The number of amides is 1. The molecule has 0 aliphatic heterocycles. The zero-order valence-corrected chi connectivity index (χ0v) is 10.3. The first kappa shape index (κ1) is 13.4. The molecule has 1 heterocycles. The molecule has 96 valence electrons. The molecule has 0 aliphatic rings. The maximum Gasteiger partial charge on any atom is 0.280 e. The van der Waals surface area contributed by atoms with Crippen molar-refractivity contribution in [3.05, 3.63) is 5.69 Å². The van der Waals surface area contributed by atoms with Gasteiger partial charge >= 0.3 is 0 Å².